The summed E-state index contributed by atoms with van der Waals surface area (Å²) in [6.07, 6.45) is 8.24. The molecular formula is C25H31N5O2S. The molecule has 33 heavy (non-hydrogen) atoms. The molecule has 1 amide bonds. The van der Waals surface area contributed by atoms with Gasteiger partial charge in [0.2, 0.25) is 0 Å². The predicted molar refractivity (Wildman–Crippen MR) is 130 cm³/mol. The molecule has 1 aliphatic carbocycles. The molecule has 1 aromatic carbocycles. The predicted octanol–water partition coefficient (Wildman–Crippen LogP) is 4.12. The molecule has 2 aromatic heterocycles. The van der Waals surface area contributed by atoms with Crippen LogP contribution < -0.4 is 5.32 Å². The number of amides is 1. The number of carbonyl (C=O) groups excluding carboxylic acids is 1. The van der Waals surface area contributed by atoms with Gasteiger partial charge in [0.15, 0.2) is 5.69 Å². The number of aromatic nitrogens is 4. The molecule has 2 N–H and O–H groups in total. The molecule has 1 aliphatic heterocycles. The summed E-state index contributed by atoms with van der Waals surface area (Å²) >= 11 is -0.713. The lowest BCUT2D eigenvalue weighted by Gasteiger charge is -2.31. The minimum atomic E-state index is -0.713. The van der Waals surface area contributed by atoms with Crippen molar-refractivity contribution in [3.05, 3.63) is 65.2 Å². The average Bonchev–Trinajstić information content (AvgIpc) is 3.42. The maximum atomic E-state index is 13.0. The van der Waals surface area contributed by atoms with Crippen LogP contribution >= 0.6 is 0 Å². The molecule has 3 aromatic rings. The summed E-state index contributed by atoms with van der Waals surface area (Å²) in [6.45, 7) is 4.50. The fourth-order valence-electron chi connectivity index (χ4n) is 5.20. The van der Waals surface area contributed by atoms with Gasteiger partial charge in [-0.05, 0) is 49.0 Å². The molecule has 3 heterocycles. The second-order valence-electron chi connectivity index (χ2n) is 10.1. The lowest BCUT2D eigenvalue weighted by Crippen LogP contribution is -2.30. The van der Waals surface area contributed by atoms with Crippen molar-refractivity contribution < 1.29 is 9.35 Å². The molecule has 0 saturated carbocycles. The highest BCUT2D eigenvalue weighted by molar-refractivity contribution is 7.91. The Bertz CT molecular complexity index is 1120. The number of fused-ring (bicyclic) bond motifs is 1. The van der Waals surface area contributed by atoms with E-state index in [1.54, 1.807) is 6.20 Å². The second-order valence-corrected chi connectivity index (χ2v) is 11.8. The number of nitrogens with zero attached hydrogens (tertiary/aromatic N) is 3. The Morgan fingerprint density at radius 1 is 1.27 bits per heavy atom. The van der Waals surface area contributed by atoms with Crippen LogP contribution in [0.15, 0.2) is 42.7 Å². The Labute approximate surface area is 197 Å². The van der Waals surface area contributed by atoms with E-state index in [0.717, 1.165) is 54.9 Å². The highest BCUT2D eigenvalue weighted by Crippen LogP contribution is 2.36. The van der Waals surface area contributed by atoms with Crippen molar-refractivity contribution in [3.8, 4) is 0 Å². The second kappa shape index (κ2) is 8.99. The van der Waals surface area contributed by atoms with Gasteiger partial charge in [0.25, 0.3) is 5.91 Å². The minimum Gasteiger partial charge on any atom is -0.616 e. The van der Waals surface area contributed by atoms with Crippen LogP contribution in [0.1, 0.15) is 66.5 Å². The van der Waals surface area contributed by atoms with Gasteiger partial charge < -0.3 is 9.87 Å². The largest absolute Gasteiger partial charge is 0.616 e. The topological polar surface area (TPSA) is 98.7 Å². The molecule has 2 aliphatic rings. The number of aromatic amines is 1. The lowest BCUT2D eigenvalue weighted by molar-refractivity contribution is 0.102. The third-order valence-corrected chi connectivity index (χ3v) is 8.42. The molecule has 174 valence electrons. The van der Waals surface area contributed by atoms with Crippen molar-refractivity contribution in [2.75, 3.05) is 16.8 Å². The summed E-state index contributed by atoms with van der Waals surface area (Å²) < 4.78 is 13.9. The van der Waals surface area contributed by atoms with Crippen molar-refractivity contribution in [2.45, 2.75) is 52.0 Å². The van der Waals surface area contributed by atoms with E-state index in [0.29, 0.717) is 17.3 Å². The SMILES string of the molecule is CC1(C)CCc2c(C(=O)Nc3cnn(C(c4ccccc4)C4CC[S+]([O-])CC4)c3)n[nH]c2C1. The highest BCUT2D eigenvalue weighted by Gasteiger charge is 2.33. The zero-order valence-corrected chi connectivity index (χ0v) is 20.0. The molecule has 1 saturated heterocycles. The fraction of sp³-hybridized carbons (Fsp3) is 0.480. The number of benzene rings is 1. The molecule has 1 unspecified atom stereocenters. The highest BCUT2D eigenvalue weighted by atomic mass is 32.2. The Balaban J connectivity index is 1.35. The number of hydrogen-bond acceptors (Lipinski definition) is 4. The minimum absolute atomic E-state index is 0.0505. The van der Waals surface area contributed by atoms with E-state index in [1.165, 1.54) is 5.56 Å². The van der Waals surface area contributed by atoms with Crippen LogP contribution in [-0.4, -0.2) is 41.9 Å². The summed E-state index contributed by atoms with van der Waals surface area (Å²) in [7, 11) is 0. The summed E-state index contributed by atoms with van der Waals surface area (Å²) in [5.41, 5.74) is 4.67. The Kier molecular flexibility index (Phi) is 6.05. The first kappa shape index (κ1) is 22.2. The van der Waals surface area contributed by atoms with E-state index >= 15 is 0 Å². The van der Waals surface area contributed by atoms with Gasteiger partial charge in [-0.3, -0.25) is 14.6 Å². The quantitative estimate of drug-likeness (QED) is 0.554. The molecule has 7 nitrogen and oxygen atoms in total. The normalized spacial score (nSPS) is 23.0. The van der Waals surface area contributed by atoms with Crippen molar-refractivity contribution >= 4 is 22.8 Å². The van der Waals surface area contributed by atoms with Gasteiger partial charge in [-0.15, -0.1) is 0 Å². The van der Waals surface area contributed by atoms with Gasteiger partial charge >= 0.3 is 0 Å². The maximum absolute atomic E-state index is 13.0. The van der Waals surface area contributed by atoms with Crippen molar-refractivity contribution in [1.29, 1.82) is 0 Å². The van der Waals surface area contributed by atoms with Crippen LogP contribution in [0, 0.1) is 11.3 Å². The van der Waals surface area contributed by atoms with E-state index in [9.17, 15) is 9.35 Å². The number of nitrogens with one attached hydrogen (secondary N) is 2. The number of anilines is 1. The Morgan fingerprint density at radius 3 is 2.79 bits per heavy atom. The van der Waals surface area contributed by atoms with Crippen LogP contribution in [0.25, 0.3) is 0 Å². The third kappa shape index (κ3) is 4.73. The molecule has 8 heteroatoms. The first-order valence-electron chi connectivity index (χ1n) is 11.7. The van der Waals surface area contributed by atoms with Crippen molar-refractivity contribution in [3.63, 3.8) is 0 Å². The molecule has 5 rings (SSSR count). The molecule has 0 bridgehead atoms. The van der Waals surface area contributed by atoms with E-state index in [2.05, 4.69) is 46.6 Å². The standard InChI is InChI=1S/C25H31N5O2S/c1-25(2)11-8-20-21(14-25)28-29-22(20)24(31)27-19-15-26-30(16-19)23(17-6-4-3-5-7-17)18-9-12-33(32)13-10-18/h3-7,15-16,18,23H,8-14H2,1-2H3,(H,27,31)(H,28,29). The van der Waals surface area contributed by atoms with E-state index < -0.39 is 11.2 Å². The maximum Gasteiger partial charge on any atom is 0.276 e. The van der Waals surface area contributed by atoms with Gasteiger partial charge in [0.1, 0.15) is 11.5 Å². The smallest absolute Gasteiger partial charge is 0.276 e. The van der Waals surface area contributed by atoms with Crippen LogP contribution in [0.2, 0.25) is 0 Å². The van der Waals surface area contributed by atoms with E-state index in [1.807, 2.05) is 29.1 Å². The van der Waals surface area contributed by atoms with Gasteiger partial charge in [0.05, 0.1) is 17.9 Å². The Morgan fingerprint density at radius 2 is 2.03 bits per heavy atom. The van der Waals surface area contributed by atoms with Crippen LogP contribution in [0.5, 0.6) is 0 Å². The zero-order valence-electron chi connectivity index (χ0n) is 19.2. The van der Waals surface area contributed by atoms with Crippen molar-refractivity contribution in [1.82, 2.24) is 20.0 Å². The molecule has 1 fully saturated rings. The molecular weight excluding hydrogens is 434 g/mol. The average molecular weight is 466 g/mol. The zero-order chi connectivity index (χ0) is 23.0. The number of H-pyrrole nitrogens is 1. The van der Waals surface area contributed by atoms with E-state index in [-0.39, 0.29) is 17.4 Å². The number of hydrogen-bond donors (Lipinski definition) is 2. The fourth-order valence-corrected chi connectivity index (χ4v) is 6.53. The van der Waals surface area contributed by atoms with Gasteiger partial charge in [-0.25, -0.2) is 0 Å². The van der Waals surface area contributed by atoms with Crippen molar-refractivity contribution in [2.24, 2.45) is 11.3 Å². The summed E-state index contributed by atoms with van der Waals surface area (Å²) in [5, 5.41) is 15.0. The molecule has 0 radical (unpaired) electrons. The first-order chi connectivity index (χ1) is 15.9. The summed E-state index contributed by atoms with van der Waals surface area (Å²) in [5.74, 6) is 1.63. The van der Waals surface area contributed by atoms with Crippen LogP contribution in [-0.2, 0) is 24.0 Å². The van der Waals surface area contributed by atoms with E-state index in [4.69, 9.17) is 0 Å². The monoisotopic (exact) mass is 465 g/mol. The first-order valence-corrected chi connectivity index (χ1v) is 13.2. The van der Waals surface area contributed by atoms with Gasteiger partial charge in [-0.1, -0.05) is 55.4 Å². The van der Waals surface area contributed by atoms with Gasteiger partial charge in [-0.2, -0.15) is 10.2 Å². The third-order valence-electron chi connectivity index (χ3n) is 7.04. The van der Waals surface area contributed by atoms with Gasteiger partial charge in [0, 0.05) is 17.5 Å². The molecule has 1 atom stereocenters. The lowest BCUT2D eigenvalue weighted by atomic mass is 9.76. The van der Waals surface area contributed by atoms with Crippen LogP contribution in [0.4, 0.5) is 5.69 Å². The van der Waals surface area contributed by atoms with Crippen LogP contribution in [0.3, 0.4) is 0 Å². The number of rotatable bonds is 5. The summed E-state index contributed by atoms with van der Waals surface area (Å²) in [4.78, 5) is 13.0. The molecule has 0 spiro atoms. The number of carbonyl (C=O) groups is 1. The summed E-state index contributed by atoms with van der Waals surface area (Å²) in [6, 6.07) is 10.4. The Hall–Kier alpha value is -2.58.